The maximum absolute atomic E-state index is 13.6. The fourth-order valence-electron chi connectivity index (χ4n) is 5.03. The molecule has 0 bridgehead atoms. The van der Waals surface area contributed by atoms with E-state index >= 15 is 0 Å². The molecule has 36 heavy (non-hydrogen) atoms. The van der Waals surface area contributed by atoms with E-state index in [0.717, 1.165) is 69.8 Å². The molecule has 7 heteroatoms. The van der Waals surface area contributed by atoms with E-state index in [1.54, 1.807) is 0 Å². The minimum absolute atomic E-state index is 0.258. The van der Waals surface area contributed by atoms with Gasteiger partial charge in [0.1, 0.15) is 24.6 Å². The lowest BCUT2D eigenvalue weighted by molar-refractivity contribution is 0.208. The van der Waals surface area contributed by atoms with Gasteiger partial charge in [0.15, 0.2) is 0 Å². The highest BCUT2D eigenvalue weighted by molar-refractivity contribution is 7.71. The van der Waals surface area contributed by atoms with E-state index in [1.807, 2.05) is 56.4 Å². The zero-order chi connectivity index (χ0) is 25.3. The van der Waals surface area contributed by atoms with Crippen LogP contribution in [0.4, 0.5) is 11.4 Å². The molecule has 2 aromatic carbocycles. The van der Waals surface area contributed by atoms with Gasteiger partial charge in [-0.1, -0.05) is 26.0 Å². The van der Waals surface area contributed by atoms with Crippen molar-refractivity contribution in [1.29, 1.82) is 0 Å². The average molecular weight is 503 g/mol. The molecule has 1 fully saturated rings. The number of aromatic nitrogens is 2. The second-order valence-electron chi connectivity index (χ2n) is 9.74. The topological polar surface area (TPSA) is 70.2 Å². The van der Waals surface area contributed by atoms with E-state index in [0.29, 0.717) is 12.3 Å². The van der Waals surface area contributed by atoms with Crippen LogP contribution >= 0.6 is 7.14 Å². The van der Waals surface area contributed by atoms with Crippen molar-refractivity contribution in [3.8, 4) is 17.0 Å². The maximum Gasteiger partial charge on any atom is 0.139 e. The van der Waals surface area contributed by atoms with Crippen molar-refractivity contribution >= 4 is 34.9 Å². The Morgan fingerprint density at radius 3 is 2.58 bits per heavy atom. The van der Waals surface area contributed by atoms with Gasteiger partial charge in [-0.05, 0) is 74.0 Å². The second-order valence-corrected chi connectivity index (χ2v) is 13.3. The number of aryl methyl sites for hydroxylation is 1. The Balaban J connectivity index is 1.45. The van der Waals surface area contributed by atoms with Crippen LogP contribution in [0.1, 0.15) is 25.8 Å². The molecule has 4 aromatic rings. The third-order valence-corrected chi connectivity index (χ3v) is 10.6. The molecular weight excluding hydrogens is 467 g/mol. The number of pyridine rings is 1. The first-order valence-corrected chi connectivity index (χ1v) is 14.9. The summed E-state index contributed by atoms with van der Waals surface area (Å²) in [4.78, 5) is 10.4. The summed E-state index contributed by atoms with van der Waals surface area (Å²) in [6, 6.07) is 18.4. The highest BCUT2D eigenvalue weighted by atomic mass is 31.2. The molecule has 0 saturated carbocycles. The number of aromatic amines is 1. The molecule has 1 saturated heterocycles. The van der Waals surface area contributed by atoms with Gasteiger partial charge in [0.2, 0.25) is 0 Å². The molecule has 6 nitrogen and oxygen atoms in total. The molecule has 3 heterocycles. The van der Waals surface area contributed by atoms with Crippen LogP contribution < -0.4 is 15.4 Å². The molecule has 188 valence electrons. The van der Waals surface area contributed by atoms with Crippen molar-refractivity contribution in [3.63, 3.8) is 0 Å². The van der Waals surface area contributed by atoms with Gasteiger partial charge in [-0.3, -0.25) is 0 Å². The van der Waals surface area contributed by atoms with Gasteiger partial charge >= 0.3 is 0 Å². The van der Waals surface area contributed by atoms with Crippen LogP contribution in [-0.2, 0) is 4.57 Å². The van der Waals surface area contributed by atoms with Crippen LogP contribution in [0, 0.1) is 6.92 Å². The van der Waals surface area contributed by atoms with E-state index in [-0.39, 0.29) is 6.10 Å². The SMILES string of the molecule is CCP(=O)(CC)c1ccccc1Nc1c(C)cnc2[nH]c(-c3ccc(O[C@H]4CCN(C)C4)cc3)cc12. The van der Waals surface area contributed by atoms with Crippen molar-refractivity contribution in [2.24, 2.45) is 0 Å². The molecule has 5 rings (SSSR count). The average Bonchev–Trinajstić information content (AvgIpc) is 3.52. The number of rotatable bonds is 8. The largest absolute Gasteiger partial charge is 0.489 e. The second kappa shape index (κ2) is 10.1. The van der Waals surface area contributed by atoms with Crippen molar-refractivity contribution in [2.45, 2.75) is 33.3 Å². The minimum Gasteiger partial charge on any atom is -0.489 e. The molecule has 1 atom stereocenters. The number of H-pyrrole nitrogens is 1. The first-order valence-electron chi connectivity index (χ1n) is 12.8. The zero-order valence-corrected chi connectivity index (χ0v) is 22.4. The number of fused-ring (bicyclic) bond motifs is 1. The standard InChI is InChI=1S/C29H35N4O2P/c1-5-36(34,6-2)27-10-8-7-9-25(27)31-28-20(3)18-30-29-24(28)17-26(32-29)21-11-13-22(14-12-21)35-23-15-16-33(4)19-23/h7-14,17-18,23H,5-6,15-16,19H2,1-4H3,(H2,30,31,32)/t23-/m0/s1. The summed E-state index contributed by atoms with van der Waals surface area (Å²) >= 11 is 0. The lowest BCUT2D eigenvalue weighted by Gasteiger charge is -2.20. The normalized spacial score (nSPS) is 16.5. The van der Waals surface area contributed by atoms with Crippen LogP contribution in [-0.4, -0.2) is 53.4 Å². The number of hydrogen-bond donors (Lipinski definition) is 2. The van der Waals surface area contributed by atoms with E-state index in [4.69, 9.17) is 4.74 Å². The van der Waals surface area contributed by atoms with Crippen LogP contribution in [0.25, 0.3) is 22.3 Å². The quantitative estimate of drug-likeness (QED) is 0.273. The summed E-state index contributed by atoms with van der Waals surface area (Å²) in [7, 11) is -0.315. The highest BCUT2D eigenvalue weighted by Gasteiger charge is 2.24. The van der Waals surface area contributed by atoms with Gasteiger partial charge in [0.25, 0.3) is 0 Å². The zero-order valence-electron chi connectivity index (χ0n) is 21.5. The lowest BCUT2D eigenvalue weighted by Crippen LogP contribution is -2.21. The summed E-state index contributed by atoms with van der Waals surface area (Å²) in [5.41, 5.74) is 5.82. The Kier molecular flexibility index (Phi) is 6.92. The lowest BCUT2D eigenvalue weighted by atomic mass is 10.1. The fraction of sp³-hybridized carbons (Fsp3) is 0.345. The first kappa shape index (κ1) is 24.6. The Labute approximate surface area is 213 Å². The fourth-order valence-corrected chi connectivity index (χ4v) is 7.08. The number of anilines is 2. The molecule has 0 aliphatic carbocycles. The molecule has 0 radical (unpaired) electrons. The third-order valence-electron chi connectivity index (χ3n) is 7.29. The van der Waals surface area contributed by atoms with Crippen molar-refractivity contribution < 1.29 is 9.30 Å². The minimum atomic E-state index is -2.45. The molecule has 1 aliphatic rings. The summed E-state index contributed by atoms with van der Waals surface area (Å²) in [5, 5.41) is 5.55. The number of nitrogens with zero attached hydrogens (tertiary/aromatic N) is 2. The summed E-state index contributed by atoms with van der Waals surface area (Å²) in [6.07, 6.45) is 4.50. The number of likely N-dealkylation sites (N-methyl/N-ethyl adjacent to an activating group) is 1. The van der Waals surface area contributed by atoms with Crippen LogP contribution in [0.3, 0.4) is 0 Å². The number of likely N-dealkylation sites (tertiary alicyclic amines) is 1. The monoisotopic (exact) mass is 502 g/mol. The van der Waals surface area contributed by atoms with E-state index in [9.17, 15) is 4.57 Å². The van der Waals surface area contributed by atoms with E-state index < -0.39 is 7.14 Å². The summed E-state index contributed by atoms with van der Waals surface area (Å²) in [6.45, 7) is 8.13. The predicted molar refractivity (Wildman–Crippen MR) is 151 cm³/mol. The summed E-state index contributed by atoms with van der Waals surface area (Å²) < 4.78 is 19.7. The molecule has 0 amide bonds. The molecule has 1 aliphatic heterocycles. The van der Waals surface area contributed by atoms with Gasteiger partial charge in [-0.25, -0.2) is 4.98 Å². The maximum atomic E-state index is 13.6. The van der Waals surface area contributed by atoms with Crippen molar-refractivity contribution in [1.82, 2.24) is 14.9 Å². The molecule has 2 N–H and O–H groups in total. The van der Waals surface area contributed by atoms with Gasteiger partial charge < -0.3 is 24.5 Å². The molecule has 0 unspecified atom stereocenters. The Morgan fingerprint density at radius 2 is 1.89 bits per heavy atom. The Bertz CT molecular complexity index is 1400. The van der Waals surface area contributed by atoms with E-state index in [1.165, 1.54) is 0 Å². The Morgan fingerprint density at radius 1 is 1.14 bits per heavy atom. The first-order chi connectivity index (χ1) is 17.4. The van der Waals surface area contributed by atoms with Gasteiger partial charge in [-0.2, -0.15) is 0 Å². The molecular formula is C29H35N4O2P. The smallest absolute Gasteiger partial charge is 0.139 e. The number of hydrogen-bond acceptors (Lipinski definition) is 5. The van der Waals surface area contributed by atoms with Gasteiger partial charge in [0, 0.05) is 53.7 Å². The Hall–Kier alpha value is -3.08. The van der Waals surface area contributed by atoms with Crippen molar-refractivity contribution in [2.75, 3.05) is 37.8 Å². The number of benzene rings is 2. The van der Waals surface area contributed by atoms with E-state index in [2.05, 4.69) is 52.4 Å². The number of nitrogens with one attached hydrogen (secondary N) is 2. The third kappa shape index (κ3) is 4.80. The predicted octanol–water partition coefficient (Wildman–Crippen LogP) is 6.39. The van der Waals surface area contributed by atoms with Gasteiger partial charge in [0.05, 0.1) is 5.69 Å². The van der Waals surface area contributed by atoms with Gasteiger partial charge in [-0.15, -0.1) is 0 Å². The van der Waals surface area contributed by atoms with Crippen molar-refractivity contribution in [3.05, 3.63) is 66.4 Å². The number of ether oxygens (including phenoxy) is 1. The van der Waals surface area contributed by atoms with Crippen LogP contribution in [0.15, 0.2) is 60.8 Å². The molecule has 0 spiro atoms. The highest BCUT2D eigenvalue weighted by Crippen LogP contribution is 2.46. The van der Waals surface area contributed by atoms with Crippen LogP contribution in [0.2, 0.25) is 0 Å². The molecule has 2 aromatic heterocycles. The number of para-hydroxylation sites is 1. The summed E-state index contributed by atoms with van der Waals surface area (Å²) in [5.74, 6) is 0.902. The van der Waals surface area contributed by atoms with Crippen LogP contribution in [0.5, 0.6) is 5.75 Å².